The molecule has 0 fully saturated rings. The smallest absolute Gasteiger partial charge is 0.323 e. The predicted molar refractivity (Wildman–Crippen MR) is 81.7 cm³/mol. The molecule has 8 heteroatoms. The number of rotatable bonds is 9. The molecule has 8 nitrogen and oxygen atoms in total. The predicted octanol–water partition coefficient (Wildman–Crippen LogP) is 0.664. The lowest BCUT2D eigenvalue weighted by molar-refractivity contribution is -0.119. The summed E-state index contributed by atoms with van der Waals surface area (Å²) in [5.41, 5.74) is 0. The Hall–Kier alpha value is -2.12. The van der Waals surface area contributed by atoms with Crippen LogP contribution in [0.1, 0.15) is 27.2 Å². The maximum Gasteiger partial charge on any atom is 0.323 e. The van der Waals surface area contributed by atoms with Crippen LogP contribution in [0.15, 0.2) is 0 Å². The molecule has 0 spiro atoms. The number of likely N-dealkylation sites (N-methyl/N-ethyl adjacent to an activating group) is 1. The fraction of sp³-hybridized carbons (Fsp3) is 0.692. The van der Waals surface area contributed by atoms with Crippen molar-refractivity contribution < 1.29 is 9.53 Å². The topological polar surface area (TPSA) is 92.3 Å². The minimum atomic E-state index is -0.0669. The molecule has 2 N–H and O–H groups in total. The van der Waals surface area contributed by atoms with Crippen LogP contribution in [0.2, 0.25) is 0 Å². The quantitative estimate of drug-likeness (QED) is 0.691. The second-order valence-electron chi connectivity index (χ2n) is 4.41. The molecular formula is C13H24N6O2. The number of ether oxygens (including phenoxy) is 1. The van der Waals surface area contributed by atoms with E-state index in [-0.39, 0.29) is 18.5 Å². The van der Waals surface area contributed by atoms with Crippen LogP contribution in [0.25, 0.3) is 0 Å². The minimum absolute atomic E-state index is 0.0669. The Morgan fingerprint density at radius 1 is 1.24 bits per heavy atom. The minimum Gasteiger partial charge on any atom is -0.464 e. The monoisotopic (exact) mass is 296 g/mol. The Morgan fingerprint density at radius 2 is 2.00 bits per heavy atom. The van der Waals surface area contributed by atoms with Crippen molar-refractivity contribution in [3.63, 3.8) is 0 Å². The Labute approximate surface area is 125 Å². The Balaban J connectivity index is 2.81. The molecule has 0 aromatic carbocycles. The Kier molecular flexibility index (Phi) is 7.20. The van der Waals surface area contributed by atoms with Crippen LogP contribution in [-0.4, -0.2) is 54.1 Å². The number of carbonyl (C=O) groups is 1. The number of carbonyl (C=O) groups excluding carboxylic acids is 1. The van der Waals surface area contributed by atoms with Crippen molar-refractivity contribution in [3.8, 4) is 6.01 Å². The normalized spacial score (nSPS) is 10.1. The zero-order chi connectivity index (χ0) is 15.7. The third-order valence-electron chi connectivity index (χ3n) is 2.51. The van der Waals surface area contributed by atoms with Crippen LogP contribution in [0, 0.1) is 0 Å². The first-order chi connectivity index (χ1) is 10.1. The van der Waals surface area contributed by atoms with Crippen molar-refractivity contribution in [3.05, 3.63) is 0 Å². The third kappa shape index (κ3) is 5.80. The zero-order valence-corrected chi connectivity index (χ0v) is 13.1. The van der Waals surface area contributed by atoms with Gasteiger partial charge in [-0.3, -0.25) is 4.79 Å². The van der Waals surface area contributed by atoms with E-state index in [2.05, 4.69) is 25.6 Å². The average molecular weight is 296 g/mol. The van der Waals surface area contributed by atoms with Crippen LogP contribution in [-0.2, 0) is 4.79 Å². The molecule has 1 amide bonds. The second-order valence-corrected chi connectivity index (χ2v) is 4.41. The van der Waals surface area contributed by atoms with Crippen molar-refractivity contribution >= 4 is 17.8 Å². The first-order valence-electron chi connectivity index (χ1n) is 7.21. The summed E-state index contributed by atoms with van der Waals surface area (Å²) in [6.45, 7) is 7.82. The molecule has 0 aliphatic carbocycles. The van der Waals surface area contributed by atoms with Crippen molar-refractivity contribution in [2.75, 3.05) is 43.5 Å². The van der Waals surface area contributed by atoms with E-state index in [1.54, 1.807) is 11.9 Å². The number of anilines is 2. The van der Waals surface area contributed by atoms with E-state index >= 15 is 0 Å². The highest BCUT2D eigenvalue weighted by atomic mass is 16.5. The first kappa shape index (κ1) is 16.9. The molecule has 118 valence electrons. The van der Waals surface area contributed by atoms with Crippen LogP contribution < -0.4 is 20.3 Å². The standard InChI is InChI=1S/C13H24N6O2/c1-5-8-15-10(20)9-19(4)12-16-11(14-6-2)17-13(18-12)21-7-3/h5-9H2,1-4H3,(H,15,20)(H,14,16,17,18). The van der Waals surface area contributed by atoms with Gasteiger partial charge in [-0.15, -0.1) is 0 Å². The second kappa shape index (κ2) is 8.93. The summed E-state index contributed by atoms with van der Waals surface area (Å²) in [7, 11) is 1.76. The Morgan fingerprint density at radius 3 is 2.62 bits per heavy atom. The maximum absolute atomic E-state index is 11.7. The van der Waals surface area contributed by atoms with E-state index < -0.39 is 0 Å². The van der Waals surface area contributed by atoms with E-state index in [4.69, 9.17) is 4.74 Å². The summed E-state index contributed by atoms with van der Waals surface area (Å²) < 4.78 is 5.32. The van der Waals surface area contributed by atoms with E-state index in [1.165, 1.54) is 0 Å². The highest BCUT2D eigenvalue weighted by Gasteiger charge is 2.13. The van der Waals surface area contributed by atoms with E-state index in [0.717, 1.165) is 6.42 Å². The molecule has 0 atom stereocenters. The van der Waals surface area contributed by atoms with E-state index in [9.17, 15) is 4.79 Å². The fourth-order valence-electron chi connectivity index (χ4n) is 1.55. The molecule has 1 heterocycles. The van der Waals surface area contributed by atoms with Gasteiger partial charge in [0.15, 0.2) is 0 Å². The van der Waals surface area contributed by atoms with Gasteiger partial charge in [0, 0.05) is 20.1 Å². The van der Waals surface area contributed by atoms with Gasteiger partial charge in [-0.05, 0) is 20.3 Å². The number of hydrogen-bond donors (Lipinski definition) is 2. The van der Waals surface area contributed by atoms with Crippen molar-refractivity contribution in [2.45, 2.75) is 27.2 Å². The van der Waals surface area contributed by atoms with Crippen LogP contribution in [0.4, 0.5) is 11.9 Å². The lowest BCUT2D eigenvalue weighted by atomic mass is 10.4. The molecule has 0 unspecified atom stereocenters. The average Bonchev–Trinajstić information content (AvgIpc) is 2.45. The van der Waals surface area contributed by atoms with Gasteiger partial charge in [-0.2, -0.15) is 15.0 Å². The number of amides is 1. The van der Waals surface area contributed by atoms with Gasteiger partial charge in [0.05, 0.1) is 13.2 Å². The lowest BCUT2D eigenvalue weighted by Crippen LogP contribution is -2.36. The largest absolute Gasteiger partial charge is 0.464 e. The van der Waals surface area contributed by atoms with Crippen LogP contribution in [0.3, 0.4) is 0 Å². The zero-order valence-electron chi connectivity index (χ0n) is 13.1. The molecular weight excluding hydrogens is 272 g/mol. The summed E-state index contributed by atoms with van der Waals surface area (Å²) in [5, 5.41) is 5.83. The molecule has 0 radical (unpaired) electrons. The molecule has 0 bridgehead atoms. The lowest BCUT2D eigenvalue weighted by Gasteiger charge is -2.17. The summed E-state index contributed by atoms with van der Waals surface area (Å²) in [5.74, 6) is 0.769. The molecule has 0 saturated carbocycles. The number of aromatic nitrogens is 3. The van der Waals surface area contributed by atoms with E-state index in [1.807, 2.05) is 20.8 Å². The van der Waals surface area contributed by atoms with Gasteiger partial charge in [-0.25, -0.2) is 0 Å². The highest BCUT2D eigenvalue weighted by Crippen LogP contribution is 2.13. The maximum atomic E-state index is 11.7. The summed E-state index contributed by atoms with van der Waals surface area (Å²) in [6, 6.07) is 0.249. The Bertz CT molecular complexity index is 430. The van der Waals surface area contributed by atoms with Crippen LogP contribution in [0.5, 0.6) is 6.01 Å². The molecule has 0 aliphatic rings. The number of hydrogen-bond acceptors (Lipinski definition) is 7. The van der Waals surface area contributed by atoms with Crippen molar-refractivity contribution in [1.29, 1.82) is 0 Å². The number of nitrogens with one attached hydrogen (secondary N) is 2. The SMILES string of the molecule is CCCNC(=O)CN(C)c1nc(NCC)nc(OCC)n1. The highest BCUT2D eigenvalue weighted by molar-refractivity contribution is 5.80. The van der Waals surface area contributed by atoms with Gasteiger partial charge in [0.1, 0.15) is 0 Å². The summed E-state index contributed by atoms with van der Waals surface area (Å²) in [6.07, 6.45) is 0.903. The molecule has 0 saturated heterocycles. The molecule has 1 aromatic heterocycles. The summed E-state index contributed by atoms with van der Waals surface area (Å²) in [4.78, 5) is 26.0. The van der Waals surface area contributed by atoms with E-state index in [0.29, 0.717) is 31.6 Å². The fourth-order valence-corrected chi connectivity index (χ4v) is 1.55. The first-order valence-corrected chi connectivity index (χ1v) is 7.21. The van der Waals surface area contributed by atoms with Crippen molar-refractivity contribution in [2.24, 2.45) is 0 Å². The molecule has 1 aromatic rings. The van der Waals surface area contributed by atoms with Gasteiger partial charge in [-0.1, -0.05) is 6.92 Å². The van der Waals surface area contributed by atoms with Gasteiger partial charge < -0.3 is 20.3 Å². The molecule has 0 aliphatic heterocycles. The van der Waals surface area contributed by atoms with Crippen LogP contribution >= 0.6 is 0 Å². The van der Waals surface area contributed by atoms with Gasteiger partial charge in [0.25, 0.3) is 0 Å². The van der Waals surface area contributed by atoms with Gasteiger partial charge >= 0.3 is 6.01 Å². The molecule has 21 heavy (non-hydrogen) atoms. The molecule has 1 rings (SSSR count). The third-order valence-corrected chi connectivity index (χ3v) is 2.51. The van der Waals surface area contributed by atoms with Crippen molar-refractivity contribution in [1.82, 2.24) is 20.3 Å². The number of nitrogens with zero attached hydrogens (tertiary/aromatic N) is 4. The summed E-state index contributed by atoms with van der Waals surface area (Å²) >= 11 is 0. The van der Waals surface area contributed by atoms with Gasteiger partial charge in [0.2, 0.25) is 17.8 Å².